The molecule has 128 valence electrons. The van der Waals surface area contributed by atoms with E-state index in [-0.39, 0.29) is 12.3 Å². The average Bonchev–Trinajstić information content (AvgIpc) is 2.87. The SMILES string of the molecule is Cc1c(C(=O)NC(C)(C)CCC(=O)O)cnn1-c1cccc(Cl)c1. The highest BCUT2D eigenvalue weighted by atomic mass is 35.5. The van der Waals surface area contributed by atoms with E-state index in [9.17, 15) is 9.59 Å². The lowest BCUT2D eigenvalue weighted by Gasteiger charge is -2.25. The van der Waals surface area contributed by atoms with Crippen molar-refractivity contribution in [2.45, 2.75) is 39.2 Å². The van der Waals surface area contributed by atoms with Crippen molar-refractivity contribution in [3.05, 3.63) is 46.7 Å². The molecule has 2 rings (SSSR count). The van der Waals surface area contributed by atoms with Crippen LogP contribution in [0, 0.1) is 6.92 Å². The van der Waals surface area contributed by atoms with Gasteiger partial charge in [0.15, 0.2) is 0 Å². The Morgan fingerprint density at radius 1 is 1.38 bits per heavy atom. The summed E-state index contributed by atoms with van der Waals surface area (Å²) in [4.78, 5) is 23.2. The Morgan fingerprint density at radius 3 is 2.71 bits per heavy atom. The minimum Gasteiger partial charge on any atom is -0.481 e. The maximum Gasteiger partial charge on any atom is 0.303 e. The smallest absolute Gasteiger partial charge is 0.303 e. The topological polar surface area (TPSA) is 84.2 Å². The predicted molar refractivity (Wildman–Crippen MR) is 91.7 cm³/mol. The molecule has 0 bridgehead atoms. The molecular weight excluding hydrogens is 330 g/mol. The van der Waals surface area contributed by atoms with Gasteiger partial charge in [0, 0.05) is 17.0 Å². The Morgan fingerprint density at radius 2 is 2.08 bits per heavy atom. The van der Waals surface area contributed by atoms with Gasteiger partial charge in [-0.1, -0.05) is 17.7 Å². The summed E-state index contributed by atoms with van der Waals surface area (Å²) in [6.45, 7) is 5.39. The highest BCUT2D eigenvalue weighted by Crippen LogP contribution is 2.19. The van der Waals surface area contributed by atoms with Crippen molar-refractivity contribution < 1.29 is 14.7 Å². The number of benzene rings is 1. The van der Waals surface area contributed by atoms with Gasteiger partial charge in [0.2, 0.25) is 0 Å². The molecule has 24 heavy (non-hydrogen) atoms. The van der Waals surface area contributed by atoms with Crippen LogP contribution in [0.1, 0.15) is 42.7 Å². The van der Waals surface area contributed by atoms with Gasteiger partial charge in [-0.25, -0.2) is 4.68 Å². The largest absolute Gasteiger partial charge is 0.481 e. The van der Waals surface area contributed by atoms with Gasteiger partial charge < -0.3 is 10.4 Å². The number of halogens is 1. The van der Waals surface area contributed by atoms with Crippen molar-refractivity contribution in [3.8, 4) is 5.69 Å². The van der Waals surface area contributed by atoms with E-state index in [1.54, 1.807) is 37.6 Å². The molecule has 0 radical (unpaired) electrons. The van der Waals surface area contributed by atoms with Gasteiger partial charge in [0.1, 0.15) is 0 Å². The maximum absolute atomic E-state index is 12.5. The number of nitrogens with one attached hydrogen (secondary N) is 1. The maximum atomic E-state index is 12.5. The zero-order valence-corrected chi connectivity index (χ0v) is 14.6. The summed E-state index contributed by atoms with van der Waals surface area (Å²) >= 11 is 6.00. The Hall–Kier alpha value is -2.34. The molecule has 1 heterocycles. The zero-order chi connectivity index (χ0) is 17.9. The predicted octanol–water partition coefficient (Wildman–Crippen LogP) is 3.21. The van der Waals surface area contributed by atoms with Crippen LogP contribution < -0.4 is 5.32 Å². The van der Waals surface area contributed by atoms with E-state index in [0.717, 1.165) is 5.69 Å². The van der Waals surface area contributed by atoms with Gasteiger partial charge in [-0.15, -0.1) is 0 Å². The quantitative estimate of drug-likeness (QED) is 0.838. The van der Waals surface area contributed by atoms with Crippen LogP contribution in [-0.2, 0) is 4.79 Å². The second-order valence-corrected chi connectivity index (χ2v) is 6.70. The molecule has 0 unspecified atom stereocenters. The van der Waals surface area contributed by atoms with E-state index >= 15 is 0 Å². The van der Waals surface area contributed by atoms with Crippen molar-refractivity contribution in [2.75, 3.05) is 0 Å². The van der Waals surface area contributed by atoms with Crippen LogP contribution in [0.5, 0.6) is 0 Å². The first-order valence-corrected chi connectivity index (χ1v) is 7.92. The van der Waals surface area contributed by atoms with Gasteiger partial charge in [0.05, 0.1) is 23.1 Å². The van der Waals surface area contributed by atoms with Gasteiger partial charge in [-0.3, -0.25) is 9.59 Å². The Balaban J connectivity index is 2.18. The summed E-state index contributed by atoms with van der Waals surface area (Å²) in [5.41, 5.74) is 1.27. The number of carboxylic acid groups (broad SMARTS) is 1. The van der Waals surface area contributed by atoms with Crippen molar-refractivity contribution in [3.63, 3.8) is 0 Å². The lowest BCUT2D eigenvalue weighted by atomic mass is 9.98. The van der Waals surface area contributed by atoms with Crippen LogP contribution in [0.25, 0.3) is 5.69 Å². The lowest BCUT2D eigenvalue weighted by molar-refractivity contribution is -0.137. The molecule has 0 fully saturated rings. The molecule has 1 amide bonds. The molecule has 0 saturated heterocycles. The summed E-state index contributed by atoms with van der Waals surface area (Å²) in [5.74, 6) is -1.17. The number of rotatable bonds is 6. The van der Waals surface area contributed by atoms with E-state index in [2.05, 4.69) is 10.4 Å². The molecule has 0 spiro atoms. The molecular formula is C17H20ClN3O3. The van der Waals surface area contributed by atoms with Gasteiger partial charge in [-0.05, 0) is 45.4 Å². The van der Waals surface area contributed by atoms with E-state index < -0.39 is 11.5 Å². The molecule has 1 aromatic heterocycles. The van der Waals surface area contributed by atoms with E-state index in [0.29, 0.717) is 22.7 Å². The molecule has 2 N–H and O–H groups in total. The summed E-state index contributed by atoms with van der Waals surface area (Å²) in [6, 6.07) is 7.19. The Kier molecular flexibility index (Phi) is 5.29. The first kappa shape index (κ1) is 18.0. The van der Waals surface area contributed by atoms with E-state index in [1.165, 1.54) is 6.20 Å². The highest BCUT2D eigenvalue weighted by Gasteiger charge is 2.24. The van der Waals surface area contributed by atoms with Crippen LogP contribution in [0.3, 0.4) is 0 Å². The zero-order valence-electron chi connectivity index (χ0n) is 13.8. The second kappa shape index (κ2) is 7.05. The third-order valence-corrected chi connectivity index (χ3v) is 3.96. The molecule has 7 heteroatoms. The summed E-state index contributed by atoms with van der Waals surface area (Å²) in [5, 5.41) is 16.5. The van der Waals surface area contributed by atoms with E-state index in [1.807, 2.05) is 12.1 Å². The molecule has 1 aromatic carbocycles. The first-order valence-electron chi connectivity index (χ1n) is 7.54. The Labute approximate surface area is 145 Å². The standard InChI is InChI=1S/C17H20ClN3O3/c1-11-14(16(24)20-17(2,3)8-7-15(22)23)10-19-21(11)13-6-4-5-12(18)9-13/h4-6,9-10H,7-8H2,1-3H3,(H,20,24)(H,22,23). The fraction of sp³-hybridized carbons (Fsp3) is 0.353. The number of hydrogen-bond acceptors (Lipinski definition) is 3. The number of carbonyl (C=O) groups excluding carboxylic acids is 1. The monoisotopic (exact) mass is 349 g/mol. The van der Waals surface area contributed by atoms with Crippen LogP contribution in [0.15, 0.2) is 30.5 Å². The molecule has 0 aliphatic carbocycles. The summed E-state index contributed by atoms with van der Waals surface area (Å²) in [7, 11) is 0. The van der Waals surface area contributed by atoms with Crippen LogP contribution >= 0.6 is 11.6 Å². The Bertz CT molecular complexity index is 768. The third-order valence-electron chi connectivity index (χ3n) is 3.72. The number of amides is 1. The highest BCUT2D eigenvalue weighted by molar-refractivity contribution is 6.30. The van der Waals surface area contributed by atoms with Crippen molar-refractivity contribution in [1.29, 1.82) is 0 Å². The summed E-state index contributed by atoms with van der Waals surface area (Å²) in [6.07, 6.45) is 1.84. The molecule has 0 aliphatic rings. The second-order valence-electron chi connectivity index (χ2n) is 6.27. The number of nitrogens with zero attached hydrogens (tertiary/aromatic N) is 2. The third kappa shape index (κ3) is 4.35. The average molecular weight is 350 g/mol. The number of hydrogen-bond donors (Lipinski definition) is 2. The fourth-order valence-corrected chi connectivity index (χ4v) is 2.54. The summed E-state index contributed by atoms with van der Waals surface area (Å²) < 4.78 is 1.64. The molecule has 2 aromatic rings. The van der Waals surface area contributed by atoms with Crippen molar-refractivity contribution in [2.24, 2.45) is 0 Å². The minimum absolute atomic E-state index is 0.00591. The van der Waals surface area contributed by atoms with E-state index in [4.69, 9.17) is 16.7 Å². The van der Waals surface area contributed by atoms with Crippen LogP contribution in [0.2, 0.25) is 5.02 Å². The lowest BCUT2D eigenvalue weighted by Crippen LogP contribution is -2.43. The molecule has 6 nitrogen and oxygen atoms in total. The number of carboxylic acids is 1. The van der Waals surface area contributed by atoms with Gasteiger partial charge >= 0.3 is 5.97 Å². The number of carbonyl (C=O) groups is 2. The molecule has 0 saturated carbocycles. The fourth-order valence-electron chi connectivity index (χ4n) is 2.36. The number of aromatic nitrogens is 2. The van der Waals surface area contributed by atoms with Crippen molar-refractivity contribution in [1.82, 2.24) is 15.1 Å². The van der Waals surface area contributed by atoms with Gasteiger partial charge in [-0.2, -0.15) is 5.10 Å². The van der Waals surface area contributed by atoms with Gasteiger partial charge in [0.25, 0.3) is 5.91 Å². The molecule has 0 atom stereocenters. The number of aliphatic carboxylic acids is 1. The molecule has 0 aliphatic heterocycles. The van der Waals surface area contributed by atoms with Crippen LogP contribution in [-0.4, -0.2) is 32.3 Å². The first-order chi connectivity index (χ1) is 11.2. The normalized spacial score (nSPS) is 11.3. The minimum atomic E-state index is -0.887. The van der Waals surface area contributed by atoms with Crippen LogP contribution in [0.4, 0.5) is 0 Å². The van der Waals surface area contributed by atoms with Crippen molar-refractivity contribution >= 4 is 23.5 Å².